The second-order valence-corrected chi connectivity index (χ2v) is 8.93. The minimum atomic E-state index is -3.83. The number of aromatic nitrogens is 3. The molecule has 1 N–H and O–H groups in total. The number of hydrogen-bond acceptors (Lipinski definition) is 6. The van der Waals surface area contributed by atoms with E-state index >= 15 is 0 Å². The van der Waals surface area contributed by atoms with Gasteiger partial charge in [-0.1, -0.05) is 17.7 Å². The zero-order chi connectivity index (χ0) is 20.6. The Bertz CT molecular complexity index is 1150. The van der Waals surface area contributed by atoms with Gasteiger partial charge in [-0.15, -0.1) is 0 Å². The van der Waals surface area contributed by atoms with Crippen molar-refractivity contribution >= 4 is 15.8 Å². The Morgan fingerprint density at radius 1 is 1.17 bits per heavy atom. The molecule has 0 spiro atoms. The summed E-state index contributed by atoms with van der Waals surface area (Å²) in [5.74, 6) is -0.223. The quantitative estimate of drug-likeness (QED) is 0.621. The average Bonchev–Trinajstić information content (AvgIpc) is 3.46. The number of esters is 1. The van der Waals surface area contributed by atoms with Crippen LogP contribution in [0.4, 0.5) is 0 Å². The van der Waals surface area contributed by atoms with Crippen LogP contribution in [0, 0.1) is 6.92 Å². The molecule has 1 aliphatic carbocycles. The van der Waals surface area contributed by atoms with Gasteiger partial charge in [-0.25, -0.2) is 13.2 Å². The number of hydrogen-bond donors (Lipinski definition) is 1. The lowest BCUT2D eigenvalue weighted by Crippen LogP contribution is -2.07. The molecule has 0 unspecified atom stereocenters. The van der Waals surface area contributed by atoms with Crippen molar-refractivity contribution in [3.05, 3.63) is 59.4 Å². The monoisotopic (exact) mass is 411 g/mol. The SMILES string of the molecule is CCOC(=O)c1ccc(-c2c(S(=O)(=O)c3ccc(C)cc3)n[nH]c2C2CC2)nc1. The number of ether oxygens (including phenoxy) is 1. The summed E-state index contributed by atoms with van der Waals surface area (Å²) in [5.41, 5.74) is 2.99. The molecule has 1 aliphatic rings. The van der Waals surface area contributed by atoms with E-state index in [2.05, 4.69) is 15.2 Å². The van der Waals surface area contributed by atoms with Crippen LogP contribution in [0.15, 0.2) is 52.5 Å². The van der Waals surface area contributed by atoms with Crippen molar-refractivity contribution in [2.24, 2.45) is 0 Å². The second kappa shape index (κ2) is 7.44. The molecule has 0 atom stereocenters. The lowest BCUT2D eigenvalue weighted by Gasteiger charge is -2.08. The van der Waals surface area contributed by atoms with Crippen LogP contribution in [0.5, 0.6) is 0 Å². The van der Waals surface area contributed by atoms with Gasteiger partial charge in [0.25, 0.3) is 0 Å². The van der Waals surface area contributed by atoms with Crippen molar-refractivity contribution in [1.29, 1.82) is 0 Å². The summed E-state index contributed by atoms with van der Waals surface area (Å²) < 4.78 is 31.5. The Morgan fingerprint density at radius 2 is 1.90 bits per heavy atom. The molecule has 1 saturated carbocycles. The van der Waals surface area contributed by atoms with Crippen LogP contribution in [0.1, 0.15) is 47.3 Å². The van der Waals surface area contributed by atoms with Gasteiger partial charge >= 0.3 is 5.97 Å². The molecule has 150 valence electrons. The van der Waals surface area contributed by atoms with Gasteiger partial charge in [0.05, 0.1) is 28.3 Å². The lowest BCUT2D eigenvalue weighted by molar-refractivity contribution is 0.0526. The van der Waals surface area contributed by atoms with Gasteiger partial charge in [0.2, 0.25) is 9.84 Å². The largest absolute Gasteiger partial charge is 0.462 e. The Labute approximate surface area is 169 Å². The summed E-state index contributed by atoms with van der Waals surface area (Å²) in [6.07, 6.45) is 3.35. The number of nitrogens with one attached hydrogen (secondary N) is 1. The third kappa shape index (κ3) is 3.67. The van der Waals surface area contributed by atoms with E-state index in [4.69, 9.17) is 4.74 Å². The summed E-state index contributed by atoms with van der Waals surface area (Å²) in [6.45, 7) is 3.90. The summed E-state index contributed by atoms with van der Waals surface area (Å²) in [5, 5.41) is 7.04. The van der Waals surface area contributed by atoms with Crippen LogP contribution in [-0.2, 0) is 14.6 Å². The van der Waals surface area contributed by atoms with Crippen molar-refractivity contribution < 1.29 is 17.9 Å². The first-order chi connectivity index (χ1) is 13.9. The molecule has 2 heterocycles. The Balaban J connectivity index is 1.80. The maximum Gasteiger partial charge on any atom is 0.339 e. The first-order valence-corrected chi connectivity index (χ1v) is 10.9. The van der Waals surface area contributed by atoms with Crippen molar-refractivity contribution in [3.8, 4) is 11.3 Å². The summed E-state index contributed by atoms with van der Waals surface area (Å²) in [4.78, 5) is 16.4. The maximum atomic E-state index is 13.3. The smallest absolute Gasteiger partial charge is 0.339 e. The molecule has 2 aromatic heterocycles. The molecule has 7 nitrogen and oxygen atoms in total. The van der Waals surface area contributed by atoms with E-state index in [9.17, 15) is 13.2 Å². The Hall–Kier alpha value is -3.00. The molecule has 0 saturated heterocycles. The van der Waals surface area contributed by atoms with Crippen molar-refractivity contribution in [2.45, 2.75) is 42.5 Å². The third-order valence-corrected chi connectivity index (χ3v) is 6.56. The number of aryl methyl sites for hydroxylation is 1. The summed E-state index contributed by atoms with van der Waals surface area (Å²) in [6, 6.07) is 9.90. The number of nitrogens with zero attached hydrogens (tertiary/aromatic N) is 2. The van der Waals surface area contributed by atoms with Crippen LogP contribution < -0.4 is 0 Å². The summed E-state index contributed by atoms with van der Waals surface area (Å²) >= 11 is 0. The Kier molecular flexibility index (Phi) is 4.96. The highest BCUT2D eigenvalue weighted by Gasteiger charge is 2.35. The second-order valence-electron chi connectivity index (χ2n) is 7.06. The van der Waals surface area contributed by atoms with Gasteiger partial charge in [-0.3, -0.25) is 10.1 Å². The van der Waals surface area contributed by atoms with Crippen molar-refractivity contribution in [2.75, 3.05) is 6.61 Å². The number of sulfone groups is 1. The predicted molar refractivity (Wildman–Crippen MR) is 106 cm³/mol. The van der Waals surface area contributed by atoms with Gasteiger partial charge < -0.3 is 4.74 Å². The highest BCUT2D eigenvalue weighted by atomic mass is 32.2. The fraction of sp³-hybridized carbons (Fsp3) is 0.286. The van der Waals surface area contributed by atoms with Gasteiger partial charge in [-0.05, 0) is 51.0 Å². The van der Waals surface area contributed by atoms with E-state index in [0.717, 1.165) is 24.1 Å². The van der Waals surface area contributed by atoms with Crippen LogP contribution in [-0.4, -0.2) is 36.2 Å². The molecule has 4 rings (SSSR count). The molecular formula is C21H21N3O4S. The first kappa shape index (κ1) is 19.3. The van der Waals surface area contributed by atoms with Crippen molar-refractivity contribution in [1.82, 2.24) is 15.2 Å². The van der Waals surface area contributed by atoms with E-state index < -0.39 is 15.8 Å². The molecule has 29 heavy (non-hydrogen) atoms. The van der Waals surface area contributed by atoms with E-state index in [1.165, 1.54) is 6.20 Å². The molecule has 0 radical (unpaired) electrons. The third-order valence-electron chi connectivity index (χ3n) is 4.86. The van der Waals surface area contributed by atoms with E-state index in [0.29, 0.717) is 16.8 Å². The first-order valence-electron chi connectivity index (χ1n) is 9.45. The molecular weight excluding hydrogens is 390 g/mol. The van der Waals surface area contributed by atoms with Gasteiger partial charge in [0.15, 0.2) is 5.03 Å². The highest BCUT2D eigenvalue weighted by Crippen LogP contribution is 2.45. The van der Waals surface area contributed by atoms with E-state index in [1.807, 2.05) is 6.92 Å². The number of H-pyrrole nitrogens is 1. The number of pyridine rings is 1. The van der Waals surface area contributed by atoms with Crippen molar-refractivity contribution in [3.63, 3.8) is 0 Å². The van der Waals surface area contributed by atoms with Crippen LogP contribution in [0.2, 0.25) is 0 Å². The topological polar surface area (TPSA) is 102 Å². The zero-order valence-electron chi connectivity index (χ0n) is 16.2. The predicted octanol–water partition coefficient (Wildman–Crippen LogP) is 3.67. The molecule has 0 amide bonds. The average molecular weight is 411 g/mol. The fourth-order valence-corrected chi connectivity index (χ4v) is 4.52. The molecule has 3 aromatic rings. The number of rotatable bonds is 6. The van der Waals surface area contributed by atoms with Crippen LogP contribution in [0.3, 0.4) is 0 Å². The zero-order valence-corrected chi connectivity index (χ0v) is 17.0. The number of carbonyl (C=O) groups excluding carboxylic acids is 1. The number of benzene rings is 1. The lowest BCUT2D eigenvalue weighted by atomic mass is 10.1. The van der Waals surface area contributed by atoms with Gasteiger partial charge in [-0.2, -0.15) is 5.10 Å². The van der Waals surface area contributed by atoms with E-state index in [-0.39, 0.29) is 22.4 Å². The van der Waals surface area contributed by atoms with Crippen LogP contribution in [0.25, 0.3) is 11.3 Å². The maximum absolute atomic E-state index is 13.3. The highest BCUT2D eigenvalue weighted by molar-refractivity contribution is 7.91. The fourth-order valence-electron chi connectivity index (χ4n) is 3.15. The molecule has 1 aromatic carbocycles. The molecule has 8 heteroatoms. The number of carbonyl (C=O) groups is 1. The molecule has 1 fully saturated rings. The minimum absolute atomic E-state index is 0.0420. The normalized spacial score (nSPS) is 14.0. The van der Waals surface area contributed by atoms with Gasteiger partial charge in [0.1, 0.15) is 0 Å². The number of aromatic amines is 1. The van der Waals surface area contributed by atoms with Gasteiger partial charge in [0, 0.05) is 17.8 Å². The molecule has 0 aliphatic heterocycles. The molecule has 0 bridgehead atoms. The standard InChI is InChI=1S/C21H21N3O4S/c1-3-28-21(25)15-8-11-17(22-12-15)18-19(14-6-7-14)23-24-20(18)29(26,27)16-9-4-13(2)5-10-16/h4-5,8-12,14H,3,6-7H2,1-2H3,(H,23,24). The van der Waals surface area contributed by atoms with Crippen LogP contribution >= 0.6 is 0 Å². The minimum Gasteiger partial charge on any atom is -0.462 e. The van der Waals surface area contributed by atoms with E-state index in [1.54, 1.807) is 43.3 Å². The Morgan fingerprint density at radius 3 is 2.48 bits per heavy atom. The summed E-state index contributed by atoms with van der Waals surface area (Å²) in [7, 11) is -3.83.